The quantitative estimate of drug-likeness (QED) is 0.844. The zero-order valence-electron chi connectivity index (χ0n) is 14.2. The topological polar surface area (TPSA) is 92.6 Å². The summed E-state index contributed by atoms with van der Waals surface area (Å²) in [6, 6.07) is 5.38. The monoisotopic (exact) mass is 383 g/mol. The van der Waals surface area contributed by atoms with Crippen molar-refractivity contribution < 1.29 is 18.3 Å². The first-order valence-corrected chi connectivity index (χ1v) is 10.7. The van der Waals surface area contributed by atoms with Crippen molar-refractivity contribution in [2.24, 2.45) is 0 Å². The molecule has 1 aliphatic rings. The lowest BCUT2D eigenvalue weighted by Crippen LogP contribution is -2.34. The van der Waals surface area contributed by atoms with E-state index in [2.05, 4.69) is 14.5 Å². The van der Waals surface area contributed by atoms with Crippen LogP contribution in [0.2, 0.25) is 0 Å². The maximum atomic E-state index is 11.9. The van der Waals surface area contributed by atoms with Gasteiger partial charge in [-0.25, -0.2) is 8.42 Å². The fourth-order valence-corrected chi connectivity index (χ4v) is 4.94. The van der Waals surface area contributed by atoms with Crippen molar-refractivity contribution in [3.63, 3.8) is 0 Å². The SMILES string of the molecule is COc1ccc(CN2CCC[C@H](c3nnsc3S(C)(=O)=O)C2)cc1O. The number of phenolic OH excluding ortho intramolecular Hbond substituents is 1. The molecule has 2 heterocycles. The predicted molar refractivity (Wildman–Crippen MR) is 94.9 cm³/mol. The first-order chi connectivity index (χ1) is 11.9. The van der Waals surface area contributed by atoms with Crippen LogP contribution in [0.15, 0.2) is 22.4 Å². The molecule has 1 aromatic heterocycles. The van der Waals surface area contributed by atoms with E-state index in [1.54, 1.807) is 12.1 Å². The Kier molecular flexibility index (Phi) is 5.26. The molecule has 1 fully saturated rings. The predicted octanol–water partition coefficient (Wildman–Crippen LogP) is 2.04. The Morgan fingerprint density at radius 3 is 2.92 bits per heavy atom. The van der Waals surface area contributed by atoms with Gasteiger partial charge in [-0.2, -0.15) is 0 Å². The summed E-state index contributed by atoms with van der Waals surface area (Å²) in [7, 11) is -1.78. The highest BCUT2D eigenvalue weighted by Gasteiger charge is 2.29. The van der Waals surface area contributed by atoms with E-state index in [1.807, 2.05) is 6.07 Å². The molecule has 0 radical (unpaired) electrons. The van der Waals surface area contributed by atoms with Crippen LogP contribution >= 0.6 is 11.5 Å². The molecule has 1 aliphatic heterocycles. The molecule has 0 spiro atoms. The van der Waals surface area contributed by atoms with E-state index in [1.165, 1.54) is 13.4 Å². The van der Waals surface area contributed by atoms with E-state index in [0.29, 0.717) is 18.0 Å². The Hall–Kier alpha value is -1.71. The van der Waals surface area contributed by atoms with Crippen molar-refractivity contribution in [1.29, 1.82) is 0 Å². The third-order valence-electron chi connectivity index (χ3n) is 4.36. The average Bonchev–Trinajstić information content (AvgIpc) is 3.05. The molecule has 0 aliphatic carbocycles. The van der Waals surface area contributed by atoms with Gasteiger partial charge in [0.2, 0.25) is 0 Å². The lowest BCUT2D eigenvalue weighted by molar-refractivity contribution is 0.197. The second-order valence-electron chi connectivity index (χ2n) is 6.30. The number of likely N-dealkylation sites (tertiary alicyclic amines) is 1. The molecule has 0 unspecified atom stereocenters. The fourth-order valence-electron chi connectivity index (χ4n) is 3.21. The highest BCUT2D eigenvalue weighted by Crippen LogP contribution is 2.33. The van der Waals surface area contributed by atoms with Crippen LogP contribution in [0.5, 0.6) is 11.5 Å². The Morgan fingerprint density at radius 2 is 2.24 bits per heavy atom. The van der Waals surface area contributed by atoms with Gasteiger partial charge in [-0.15, -0.1) is 5.10 Å². The summed E-state index contributed by atoms with van der Waals surface area (Å²) in [6.45, 7) is 2.33. The standard InChI is InChI=1S/C16H21N3O4S2/c1-23-14-6-5-11(8-13(14)20)9-19-7-3-4-12(10-19)15-16(24-18-17-15)25(2,21)22/h5-6,8,12,20H,3-4,7,9-10H2,1-2H3/t12-/m0/s1. The molecule has 1 saturated heterocycles. The van der Waals surface area contributed by atoms with E-state index in [9.17, 15) is 13.5 Å². The zero-order chi connectivity index (χ0) is 18.0. The maximum Gasteiger partial charge on any atom is 0.188 e. The molecule has 3 rings (SSSR count). The Labute approximate surface area is 151 Å². The minimum atomic E-state index is -3.30. The highest BCUT2D eigenvalue weighted by molar-refractivity contribution is 7.92. The molecule has 1 atom stereocenters. The number of rotatable bonds is 5. The number of hydrogen-bond donors (Lipinski definition) is 1. The number of phenols is 1. The lowest BCUT2D eigenvalue weighted by atomic mass is 9.95. The number of methoxy groups -OCH3 is 1. The van der Waals surface area contributed by atoms with Crippen molar-refractivity contribution in [3.8, 4) is 11.5 Å². The number of nitrogens with zero attached hydrogens (tertiary/aromatic N) is 3. The van der Waals surface area contributed by atoms with E-state index >= 15 is 0 Å². The second-order valence-corrected chi connectivity index (χ2v) is 9.26. The highest BCUT2D eigenvalue weighted by atomic mass is 32.2. The minimum absolute atomic E-state index is 0.0593. The van der Waals surface area contributed by atoms with Gasteiger partial charge in [0.15, 0.2) is 25.5 Å². The van der Waals surface area contributed by atoms with Crippen molar-refractivity contribution in [1.82, 2.24) is 14.5 Å². The van der Waals surface area contributed by atoms with Gasteiger partial charge in [-0.05, 0) is 37.1 Å². The summed E-state index contributed by atoms with van der Waals surface area (Å²) in [5, 5.41) is 14.0. The molecule has 9 heteroatoms. The molecular formula is C16H21N3O4S2. The second kappa shape index (κ2) is 7.27. The third kappa shape index (κ3) is 4.10. The van der Waals surface area contributed by atoms with Gasteiger partial charge in [0.1, 0.15) is 0 Å². The molecular weight excluding hydrogens is 362 g/mol. The number of aromatic nitrogens is 2. The van der Waals surface area contributed by atoms with Crippen LogP contribution < -0.4 is 4.74 Å². The van der Waals surface area contributed by atoms with Crippen molar-refractivity contribution in [3.05, 3.63) is 29.5 Å². The normalized spacial score (nSPS) is 19.0. The minimum Gasteiger partial charge on any atom is -0.504 e. The van der Waals surface area contributed by atoms with Crippen molar-refractivity contribution in [2.75, 3.05) is 26.5 Å². The largest absolute Gasteiger partial charge is 0.504 e. The molecule has 1 aromatic carbocycles. The van der Waals surface area contributed by atoms with Gasteiger partial charge in [-0.1, -0.05) is 10.6 Å². The van der Waals surface area contributed by atoms with Gasteiger partial charge < -0.3 is 9.84 Å². The van der Waals surface area contributed by atoms with Gasteiger partial charge in [0, 0.05) is 36.8 Å². The number of benzene rings is 1. The fraction of sp³-hybridized carbons (Fsp3) is 0.500. The summed E-state index contributed by atoms with van der Waals surface area (Å²) in [6.07, 6.45) is 3.07. The van der Waals surface area contributed by atoms with Gasteiger partial charge in [-0.3, -0.25) is 4.90 Å². The summed E-state index contributed by atoms with van der Waals surface area (Å²) in [5.41, 5.74) is 1.58. The van der Waals surface area contributed by atoms with Crippen LogP contribution in [0.25, 0.3) is 0 Å². The first kappa shape index (κ1) is 18.1. The molecule has 0 bridgehead atoms. The van der Waals surface area contributed by atoms with Crippen molar-refractivity contribution in [2.45, 2.75) is 29.5 Å². The number of ether oxygens (including phenoxy) is 1. The molecule has 2 aromatic rings. The van der Waals surface area contributed by atoms with E-state index in [4.69, 9.17) is 4.74 Å². The van der Waals surface area contributed by atoms with Gasteiger partial charge in [0.05, 0.1) is 12.8 Å². The molecule has 0 saturated carbocycles. The van der Waals surface area contributed by atoms with E-state index in [0.717, 1.165) is 43.0 Å². The number of aromatic hydroxyl groups is 1. The molecule has 7 nitrogen and oxygen atoms in total. The van der Waals surface area contributed by atoms with Crippen LogP contribution in [-0.2, 0) is 16.4 Å². The maximum absolute atomic E-state index is 11.9. The summed E-state index contributed by atoms with van der Waals surface area (Å²) in [5.74, 6) is 0.632. The number of piperidine rings is 1. The van der Waals surface area contributed by atoms with Gasteiger partial charge in [0.25, 0.3) is 0 Å². The number of sulfone groups is 1. The molecule has 25 heavy (non-hydrogen) atoms. The third-order valence-corrected chi connectivity index (χ3v) is 6.91. The smallest absolute Gasteiger partial charge is 0.188 e. The Morgan fingerprint density at radius 1 is 1.44 bits per heavy atom. The Balaban J connectivity index is 1.74. The van der Waals surface area contributed by atoms with Crippen LogP contribution in [0.1, 0.15) is 30.0 Å². The van der Waals surface area contributed by atoms with Gasteiger partial charge >= 0.3 is 0 Å². The Bertz CT molecular complexity index is 851. The van der Waals surface area contributed by atoms with Crippen LogP contribution in [0.3, 0.4) is 0 Å². The van der Waals surface area contributed by atoms with Crippen LogP contribution in [0, 0.1) is 0 Å². The van der Waals surface area contributed by atoms with E-state index < -0.39 is 9.84 Å². The molecule has 0 amide bonds. The lowest BCUT2D eigenvalue weighted by Gasteiger charge is -2.32. The zero-order valence-corrected chi connectivity index (χ0v) is 15.8. The van der Waals surface area contributed by atoms with E-state index in [-0.39, 0.29) is 15.9 Å². The van der Waals surface area contributed by atoms with Crippen molar-refractivity contribution >= 4 is 21.4 Å². The van der Waals surface area contributed by atoms with Crippen LogP contribution in [-0.4, -0.2) is 54.5 Å². The molecule has 1 N–H and O–H groups in total. The summed E-state index contributed by atoms with van der Waals surface area (Å²) < 4.78 is 33.0. The van der Waals surface area contributed by atoms with Crippen LogP contribution in [0.4, 0.5) is 0 Å². The first-order valence-electron chi connectivity index (χ1n) is 7.99. The molecule has 136 valence electrons. The summed E-state index contributed by atoms with van der Waals surface area (Å²) in [4.78, 5) is 2.25. The summed E-state index contributed by atoms with van der Waals surface area (Å²) >= 11 is 0.947. The average molecular weight is 383 g/mol. The number of hydrogen-bond acceptors (Lipinski definition) is 8.